The van der Waals surface area contributed by atoms with E-state index >= 15 is 0 Å². The summed E-state index contributed by atoms with van der Waals surface area (Å²) >= 11 is 0. The van der Waals surface area contributed by atoms with E-state index in [0.717, 1.165) is 11.1 Å². The van der Waals surface area contributed by atoms with Gasteiger partial charge < -0.3 is 12.8 Å². The summed E-state index contributed by atoms with van der Waals surface area (Å²) in [7, 11) is -2.90. The molecule has 0 bridgehead atoms. The summed E-state index contributed by atoms with van der Waals surface area (Å²) in [6.45, 7) is 19.2. The predicted molar refractivity (Wildman–Crippen MR) is 209 cm³/mol. The van der Waals surface area contributed by atoms with Crippen LogP contribution in [0.2, 0.25) is 26.2 Å². The van der Waals surface area contributed by atoms with Crippen LogP contribution >= 0.6 is 15.8 Å². The smallest absolute Gasteiger partial charge is 0.366 e. The molecule has 2 aliphatic heterocycles. The Kier molecular flexibility index (Phi) is 16.0. The summed E-state index contributed by atoms with van der Waals surface area (Å²) in [6.07, 6.45) is 20.6. The van der Waals surface area contributed by atoms with Gasteiger partial charge in [-0.25, -0.2) is 0 Å². The van der Waals surface area contributed by atoms with Gasteiger partial charge >= 0.3 is 44.8 Å². The third-order valence-corrected chi connectivity index (χ3v) is 18.9. The molecule has 0 aliphatic carbocycles. The molecule has 0 atom stereocenters. The van der Waals surface area contributed by atoms with Gasteiger partial charge in [0, 0.05) is 26.7 Å². The normalized spacial score (nSPS) is 13.5. The van der Waals surface area contributed by atoms with Crippen LogP contribution in [0, 0.1) is 24.7 Å². The average molecular weight is 1040 g/mol. The van der Waals surface area contributed by atoms with Crippen LogP contribution in [0.3, 0.4) is 0 Å². The van der Waals surface area contributed by atoms with Gasteiger partial charge in [-0.15, -0.1) is 35.4 Å². The molecule has 6 heteroatoms. The van der Waals surface area contributed by atoms with Crippen molar-refractivity contribution in [3.05, 3.63) is 109 Å². The Balaban J connectivity index is 0.000000244. The molecular formula is C40H48Au2P2Si2+2. The zero-order chi connectivity index (χ0) is 32.1. The minimum absolute atomic E-state index is 0. The summed E-state index contributed by atoms with van der Waals surface area (Å²) in [5, 5.41) is 5.95. The summed E-state index contributed by atoms with van der Waals surface area (Å²) in [4.78, 5) is 0. The minimum atomic E-state index is -1.55. The predicted octanol–water partition coefficient (Wildman–Crippen LogP) is 7.56. The van der Waals surface area contributed by atoms with Crippen molar-refractivity contribution in [1.29, 1.82) is 0 Å². The molecule has 0 saturated heterocycles. The third-order valence-electron chi connectivity index (χ3n) is 9.06. The number of hydrogen-bond donors (Lipinski definition) is 0. The maximum Gasteiger partial charge on any atom is 1.00 e. The van der Waals surface area contributed by atoms with Crippen LogP contribution in [-0.4, -0.2) is 55.1 Å². The van der Waals surface area contributed by atoms with Crippen LogP contribution in [0.5, 0.6) is 0 Å². The van der Waals surface area contributed by atoms with Crippen LogP contribution < -0.4 is 20.7 Å². The Morgan fingerprint density at radius 1 is 0.500 bits per heavy atom. The molecule has 46 heavy (non-hydrogen) atoms. The second-order valence-electron chi connectivity index (χ2n) is 13.7. The SMILES string of the molecule is C[PH+](C)CCCC[PH+](C)C.[Au+].[Au+].[C-]#Cc1ccc2c(c1)-c1ccccc1[Si]2(C)C.[C-]#Cc1ccc2c(c1)[Si](C)(C)c1ccccc1-2. The van der Waals surface area contributed by atoms with Crippen molar-refractivity contribution in [3.63, 3.8) is 0 Å². The van der Waals surface area contributed by atoms with Crippen LogP contribution in [-0.2, 0) is 44.8 Å². The van der Waals surface area contributed by atoms with Gasteiger partial charge in [0.15, 0.2) is 0 Å². The fraction of sp³-hybridized carbons (Fsp3) is 0.300. The summed E-state index contributed by atoms with van der Waals surface area (Å²) in [5.41, 5.74) is 7.17. The van der Waals surface area contributed by atoms with E-state index in [2.05, 4.69) is 137 Å². The third kappa shape index (κ3) is 9.26. The maximum absolute atomic E-state index is 7.26. The molecule has 0 N–H and O–H groups in total. The maximum atomic E-state index is 7.26. The number of fused-ring (bicyclic) bond motifs is 6. The first kappa shape index (κ1) is 40.9. The molecule has 0 spiro atoms. The van der Waals surface area contributed by atoms with Gasteiger partial charge in [0.2, 0.25) is 0 Å². The van der Waals surface area contributed by atoms with Gasteiger partial charge in [-0.2, -0.15) is 0 Å². The van der Waals surface area contributed by atoms with Gasteiger partial charge in [-0.1, -0.05) is 92.0 Å². The van der Waals surface area contributed by atoms with E-state index in [9.17, 15) is 0 Å². The van der Waals surface area contributed by atoms with Gasteiger partial charge in [-0.3, -0.25) is 11.8 Å². The largest absolute Gasteiger partial charge is 1.00 e. The quantitative estimate of drug-likeness (QED) is 0.0638. The average Bonchev–Trinajstić information content (AvgIpc) is 3.39. The fourth-order valence-electron chi connectivity index (χ4n) is 6.54. The van der Waals surface area contributed by atoms with Crippen LogP contribution in [0.1, 0.15) is 24.0 Å². The zero-order valence-electron chi connectivity index (χ0n) is 28.5. The number of unbranched alkanes of at least 4 members (excludes halogenated alkanes) is 1. The Hall–Kier alpha value is -1.23. The summed E-state index contributed by atoms with van der Waals surface area (Å²) in [6, 6.07) is 30.0. The Bertz CT molecular complexity index is 1700. The fourth-order valence-corrected chi connectivity index (χ4v) is 14.6. The van der Waals surface area contributed by atoms with Crippen molar-refractivity contribution < 1.29 is 44.8 Å². The van der Waals surface area contributed by atoms with Crippen molar-refractivity contribution in [3.8, 4) is 34.1 Å². The van der Waals surface area contributed by atoms with E-state index in [-0.39, 0.29) is 60.6 Å². The molecule has 0 saturated carbocycles. The van der Waals surface area contributed by atoms with E-state index < -0.39 is 16.1 Å². The number of hydrogen-bond acceptors (Lipinski definition) is 0. The van der Waals surface area contributed by atoms with E-state index in [1.807, 2.05) is 12.1 Å². The number of benzene rings is 4. The van der Waals surface area contributed by atoms with Crippen molar-refractivity contribution in [2.24, 2.45) is 0 Å². The van der Waals surface area contributed by atoms with Gasteiger partial charge in [0.25, 0.3) is 0 Å². The molecule has 246 valence electrons. The van der Waals surface area contributed by atoms with E-state index in [1.165, 1.54) is 68.2 Å². The molecule has 6 rings (SSSR count). The van der Waals surface area contributed by atoms with Crippen LogP contribution in [0.4, 0.5) is 0 Å². The monoisotopic (exact) mass is 1040 g/mol. The van der Waals surface area contributed by atoms with E-state index in [0.29, 0.717) is 0 Å². The van der Waals surface area contributed by atoms with Crippen molar-refractivity contribution >= 4 is 52.7 Å². The van der Waals surface area contributed by atoms with Crippen molar-refractivity contribution in [2.45, 2.75) is 39.0 Å². The molecule has 0 radical (unpaired) electrons. The molecule has 4 aromatic carbocycles. The van der Waals surface area contributed by atoms with Crippen LogP contribution in [0.15, 0.2) is 84.9 Å². The van der Waals surface area contributed by atoms with Crippen molar-refractivity contribution in [1.82, 2.24) is 0 Å². The van der Waals surface area contributed by atoms with E-state index in [4.69, 9.17) is 12.8 Å². The second-order valence-corrected chi connectivity index (χ2v) is 28.2. The molecule has 0 unspecified atom stereocenters. The standard InChI is InChI=1S/2C16H13Si.C8H20P2.2Au/c1-4-12-9-10-16-14(11-12)13-7-5-6-8-15(13)17(16,2)3;1-4-12-9-10-14-13-7-5-6-8-15(13)17(2,3)16(14)11-12;1-9(2)7-5-6-8-10(3)4;;/h2*5-11H,2-3H3;5-8H2,1-4H3;;/q2*-1;;2*+1/p+2. The van der Waals surface area contributed by atoms with Crippen molar-refractivity contribution in [2.75, 3.05) is 39.0 Å². The topological polar surface area (TPSA) is 0 Å². The molecule has 0 nitrogen and oxygen atoms in total. The Morgan fingerprint density at radius 3 is 1.39 bits per heavy atom. The molecule has 4 aromatic rings. The molecule has 0 amide bonds. The van der Waals surface area contributed by atoms with Gasteiger partial charge in [-0.05, 0) is 66.5 Å². The van der Waals surface area contributed by atoms with Gasteiger partial charge in [0.1, 0.15) is 16.1 Å². The Morgan fingerprint density at radius 2 is 0.891 bits per heavy atom. The first-order valence-electron chi connectivity index (χ1n) is 15.8. The summed E-state index contributed by atoms with van der Waals surface area (Å²) in [5.74, 6) is 4.97. The minimum Gasteiger partial charge on any atom is -0.366 e. The molecule has 0 fully saturated rings. The van der Waals surface area contributed by atoms with E-state index in [1.54, 1.807) is 0 Å². The second kappa shape index (κ2) is 18.0. The van der Waals surface area contributed by atoms with Crippen LogP contribution in [0.25, 0.3) is 22.3 Å². The first-order valence-corrected chi connectivity index (χ1v) is 27.3. The molecule has 0 aromatic heterocycles. The molecule has 2 heterocycles. The first-order chi connectivity index (χ1) is 20.9. The number of rotatable bonds is 5. The zero-order valence-corrected chi connectivity index (χ0v) is 36.8. The van der Waals surface area contributed by atoms with Gasteiger partial charge in [0.05, 0.1) is 12.3 Å². The molecule has 2 aliphatic rings. The molecular weight excluding hydrogens is 992 g/mol. The Labute approximate surface area is 315 Å². The summed E-state index contributed by atoms with van der Waals surface area (Å²) < 4.78 is 0.